The van der Waals surface area contributed by atoms with Crippen molar-refractivity contribution in [3.63, 3.8) is 0 Å². The summed E-state index contributed by atoms with van der Waals surface area (Å²) in [6.45, 7) is 6.08. The lowest BCUT2D eigenvalue weighted by atomic mass is 9.53. The number of halogens is 3. The monoisotopic (exact) mass is 616 g/mol. The number of hydrogen-bond donors (Lipinski definition) is 3. The number of fused-ring (bicyclic) bond motifs is 3. The summed E-state index contributed by atoms with van der Waals surface area (Å²) in [5.74, 6) is -2.41. The van der Waals surface area contributed by atoms with Gasteiger partial charge in [-0.15, -0.1) is 0 Å². The molecular formula is C31H35Cl2FN4O4. The van der Waals surface area contributed by atoms with Crippen molar-refractivity contribution in [3.8, 4) is 0 Å². The molecule has 2 aromatic rings. The Morgan fingerprint density at radius 1 is 1.12 bits per heavy atom. The summed E-state index contributed by atoms with van der Waals surface area (Å²) >= 11 is 12.6. The molecular weight excluding hydrogens is 582 g/mol. The zero-order valence-corrected chi connectivity index (χ0v) is 25.4. The maximum absolute atomic E-state index is 16.0. The first-order chi connectivity index (χ1) is 19.9. The SMILES string of the molecule is CC(=O)[C@@H]1CC[C@@H](NC(=O)[C@@H]2NC3(CCC(C)(C)CC3)[C@@]3(C(=O)Nc4cc(Cl)ccc43)[C@H]2c2ccnc(Cl)c2F)CO1. The van der Waals surface area contributed by atoms with Crippen LogP contribution in [-0.2, 0) is 24.5 Å². The Hall–Kier alpha value is -2.59. The summed E-state index contributed by atoms with van der Waals surface area (Å²) < 4.78 is 21.7. The van der Waals surface area contributed by atoms with Crippen molar-refractivity contribution in [1.29, 1.82) is 0 Å². The largest absolute Gasteiger partial charge is 0.368 e. The number of Topliss-reactive ketones (excluding diaryl/α,β-unsaturated/α-hetero) is 1. The fraction of sp³-hybridized carbons (Fsp3) is 0.548. The van der Waals surface area contributed by atoms with E-state index >= 15 is 4.39 Å². The van der Waals surface area contributed by atoms with Gasteiger partial charge in [0.1, 0.15) is 11.5 Å². The van der Waals surface area contributed by atoms with Gasteiger partial charge in [0.05, 0.1) is 18.7 Å². The molecule has 11 heteroatoms. The number of ketones is 1. The number of hydrogen-bond acceptors (Lipinski definition) is 6. The average molecular weight is 618 g/mol. The number of rotatable bonds is 4. The Labute approximate surface area is 254 Å². The molecule has 2 saturated heterocycles. The summed E-state index contributed by atoms with van der Waals surface area (Å²) in [7, 11) is 0. The summed E-state index contributed by atoms with van der Waals surface area (Å²) in [5.41, 5.74) is -0.759. The highest BCUT2D eigenvalue weighted by atomic mass is 35.5. The lowest BCUT2D eigenvalue weighted by Crippen LogP contribution is -2.61. The Balaban J connectivity index is 1.49. The third-order valence-corrected chi connectivity index (χ3v) is 10.5. The topological polar surface area (TPSA) is 109 Å². The van der Waals surface area contributed by atoms with Crippen molar-refractivity contribution in [1.82, 2.24) is 15.6 Å². The van der Waals surface area contributed by atoms with Crippen LogP contribution in [0.4, 0.5) is 10.1 Å². The number of carbonyl (C=O) groups is 3. The molecule has 6 rings (SSSR count). The summed E-state index contributed by atoms with van der Waals surface area (Å²) in [5, 5.41) is 9.90. The lowest BCUT2D eigenvalue weighted by molar-refractivity contribution is -0.133. The van der Waals surface area contributed by atoms with Gasteiger partial charge in [0.15, 0.2) is 16.8 Å². The predicted molar refractivity (Wildman–Crippen MR) is 157 cm³/mol. The second kappa shape index (κ2) is 10.5. The van der Waals surface area contributed by atoms with E-state index in [0.717, 1.165) is 12.8 Å². The normalized spacial score (nSPS) is 31.1. The molecule has 0 unspecified atom stereocenters. The van der Waals surface area contributed by atoms with Gasteiger partial charge in [0, 0.05) is 28.4 Å². The van der Waals surface area contributed by atoms with Crippen molar-refractivity contribution in [2.45, 2.75) is 94.4 Å². The number of ether oxygens (including phenoxy) is 1. The molecule has 3 N–H and O–H groups in total. The number of nitrogens with one attached hydrogen (secondary N) is 3. The van der Waals surface area contributed by atoms with Gasteiger partial charge >= 0.3 is 0 Å². The third kappa shape index (κ3) is 4.55. The molecule has 5 atom stereocenters. The third-order valence-electron chi connectivity index (χ3n) is 10.0. The van der Waals surface area contributed by atoms with Crippen LogP contribution in [0.15, 0.2) is 30.5 Å². The van der Waals surface area contributed by atoms with E-state index in [2.05, 4.69) is 34.8 Å². The number of anilines is 1. The number of benzene rings is 1. The molecule has 2 spiro atoms. The minimum Gasteiger partial charge on any atom is -0.368 e. The standard InChI is InChI=1S/C31H35Cl2FN4O4/c1-16(39)22-7-5-18(15-42-22)36-27(40)25-23(19-8-13-35-26(33)24(19)34)31(30(38-25)11-9-29(2,3)10-12-30)20-6-4-17(32)14-21(20)37-28(31)41/h4,6,8,13-14,18,22-23,25,38H,5,7,9-12,15H2,1-3H3,(H,36,40)(H,37,41)/t18-,22+,23+,25-,31-/m1/s1. The first kappa shape index (κ1) is 29.5. The fourth-order valence-electron chi connectivity index (χ4n) is 7.80. The maximum atomic E-state index is 16.0. The summed E-state index contributed by atoms with van der Waals surface area (Å²) in [4.78, 5) is 44.5. The van der Waals surface area contributed by atoms with Gasteiger partial charge in [-0.05, 0) is 80.2 Å². The molecule has 0 bridgehead atoms. The smallest absolute Gasteiger partial charge is 0.238 e. The van der Waals surface area contributed by atoms with Crippen molar-refractivity contribution in [3.05, 3.63) is 57.6 Å². The van der Waals surface area contributed by atoms with E-state index in [4.69, 9.17) is 27.9 Å². The van der Waals surface area contributed by atoms with Crippen LogP contribution >= 0.6 is 23.2 Å². The Morgan fingerprint density at radius 2 is 1.86 bits per heavy atom. The van der Waals surface area contributed by atoms with Gasteiger partial charge in [-0.1, -0.05) is 43.1 Å². The van der Waals surface area contributed by atoms with E-state index < -0.39 is 34.8 Å². The lowest BCUT2D eigenvalue weighted by Gasteiger charge is -2.50. The van der Waals surface area contributed by atoms with Crippen LogP contribution in [-0.4, -0.2) is 52.9 Å². The average Bonchev–Trinajstić information content (AvgIpc) is 3.40. The van der Waals surface area contributed by atoms with Gasteiger partial charge in [-0.25, -0.2) is 9.37 Å². The van der Waals surface area contributed by atoms with Gasteiger partial charge in [0.2, 0.25) is 11.8 Å². The summed E-state index contributed by atoms with van der Waals surface area (Å²) in [6.07, 6.45) is 4.80. The van der Waals surface area contributed by atoms with Crippen LogP contribution in [0.1, 0.15) is 76.3 Å². The minimum atomic E-state index is -1.33. The van der Waals surface area contributed by atoms with E-state index in [9.17, 15) is 14.4 Å². The van der Waals surface area contributed by atoms with Crippen LogP contribution in [0.3, 0.4) is 0 Å². The second-order valence-corrected chi connectivity index (χ2v) is 13.8. The molecule has 1 aromatic carbocycles. The quantitative estimate of drug-likeness (QED) is 0.414. The first-order valence-electron chi connectivity index (χ1n) is 14.5. The molecule has 3 aliphatic heterocycles. The van der Waals surface area contributed by atoms with Gasteiger partial charge in [-0.3, -0.25) is 19.7 Å². The van der Waals surface area contributed by atoms with E-state index in [1.807, 2.05) is 6.07 Å². The van der Waals surface area contributed by atoms with Gasteiger partial charge in [0.25, 0.3) is 0 Å². The molecule has 4 aliphatic rings. The molecule has 1 aliphatic carbocycles. The van der Waals surface area contributed by atoms with Crippen molar-refractivity contribution in [2.24, 2.45) is 5.41 Å². The van der Waals surface area contributed by atoms with E-state index in [-0.39, 0.29) is 46.4 Å². The zero-order valence-electron chi connectivity index (χ0n) is 23.9. The Morgan fingerprint density at radius 3 is 2.52 bits per heavy atom. The highest BCUT2D eigenvalue weighted by molar-refractivity contribution is 6.31. The highest BCUT2D eigenvalue weighted by Crippen LogP contribution is 2.64. The molecule has 42 heavy (non-hydrogen) atoms. The molecule has 8 nitrogen and oxygen atoms in total. The number of aromatic nitrogens is 1. The summed E-state index contributed by atoms with van der Waals surface area (Å²) in [6, 6.07) is 5.47. The van der Waals surface area contributed by atoms with Crippen molar-refractivity contribution in [2.75, 3.05) is 11.9 Å². The number of carbonyl (C=O) groups excluding carboxylic acids is 3. The zero-order chi connectivity index (χ0) is 30.0. The number of amides is 2. The molecule has 4 heterocycles. The van der Waals surface area contributed by atoms with Crippen LogP contribution in [0.2, 0.25) is 10.2 Å². The Kier molecular flexibility index (Phi) is 7.40. The van der Waals surface area contributed by atoms with Crippen LogP contribution in [0.5, 0.6) is 0 Å². The molecule has 3 fully saturated rings. The molecule has 1 saturated carbocycles. The van der Waals surface area contributed by atoms with Gasteiger partial charge in [-0.2, -0.15) is 0 Å². The minimum absolute atomic E-state index is 0.0415. The number of nitrogens with zero attached hydrogens (tertiary/aromatic N) is 1. The molecule has 224 valence electrons. The van der Waals surface area contributed by atoms with Crippen LogP contribution < -0.4 is 16.0 Å². The first-order valence-corrected chi connectivity index (χ1v) is 15.3. The van der Waals surface area contributed by atoms with Crippen LogP contribution in [0.25, 0.3) is 0 Å². The van der Waals surface area contributed by atoms with Crippen LogP contribution in [0, 0.1) is 11.2 Å². The van der Waals surface area contributed by atoms with E-state index in [1.165, 1.54) is 19.2 Å². The second-order valence-electron chi connectivity index (χ2n) is 13.0. The highest BCUT2D eigenvalue weighted by Gasteiger charge is 2.73. The van der Waals surface area contributed by atoms with E-state index in [1.54, 1.807) is 12.1 Å². The fourth-order valence-corrected chi connectivity index (χ4v) is 8.14. The molecule has 0 radical (unpaired) electrons. The van der Waals surface area contributed by atoms with Crippen molar-refractivity contribution < 1.29 is 23.5 Å². The Bertz CT molecular complexity index is 1450. The maximum Gasteiger partial charge on any atom is 0.238 e. The predicted octanol–water partition coefficient (Wildman–Crippen LogP) is 5.06. The van der Waals surface area contributed by atoms with Gasteiger partial charge < -0.3 is 15.4 Å². The van der Waals surface area contributed by atoms with Crippen molar-refractivity contribution >= 4 is 46.5 Å². The number of pyridine rings is 1. The molecule has 2 amide bonds. The molecule has 1 aromatic heterocycles. The van der Waals surface area contributed by atoms with E-state index in [0.29, 0.717) is 42.0 Å².